The van der Waals surface area contributed by atoms with Crippen LogP contribution in [0.4, 0.5) is 13.2 Å². The van der Waals surface area contributed by atoms with Crippen LogP contribution in [0, 0.1) is 0 Å². The molecule has 0 bridgehead atoms. The molecule has 1 aromatic rings. The number of rotatable bonds is 0. The van der Waals surface area contributed by atoms with Crippen molar-refractivity contribution in [1.82, 2.24) is 0 Å². The summed E-state index contributed by atoms with van der Waals surface area (Å²) >= 11 is 0. The molecule has 74 valence electrons. The molecular formula is C11H9F3. The molecule has 0 aromatic heterocycles. The first-order valence-corrected chi connectivity index (χ1v) is 4.44. The number of hydrogen-bond acceptors (Lipinski definition) is 0. The molecule has 0 aliphatic heterocycles. The third kappa shape index (κ3) is 1.54. The zero-order chi connectivity index (χ0) is 10.2. The van der Waals surface area contributed by atoms with Crippen molar-refractivity contribution in [2.45, 2.75) is 19.0 Å². The highest BCUT2D eigenvalue weighted by Gasteiger charge is 2.36. The molecule has 0 nitrogen and oxygen atoms in total. The maximum absolute atomic E-state index is 12.6. The molecule has 1 aliphatic rings. The lowest BCUT2D eigenvalue weighted by atomic mass is 9.91. The Morgan fingerprint density at radius 3 is 2.50 bits per heavy atom. The summed E-state index contributed by atoms with van der Waals surface area (Å²) in [5.41, 5.74) is 0.646. The minimum Gasteiger partial charge on any atom is -0.166 e. The van der Waals surface area contributed by atoms with Gasteiger partial charge in [-0.25, -0.2) is 0 Å². The molecule has 0 saturated heterocycles. The third-order valence-electron chi connectivity index (χ3n) is 2.38. The van der Waals surface area contributed by atoms with Gasteiger partial charge in [0.2, 0.25) is 0 Å². The molecule has 1 aliphatic carbocycles. The monoisotopic (exact) mass is 198 g/mol. The Morgan fingerprint density at radius 1 is 1.07 bits per heavy atom. The SMILES string of the molecule is FC(F)(F)C1=CCCc2ccccc21. The Kier molecular flexibility index (Phi) is 2.10. The van der Waals surface area contributed by atoms with Gasteiger partial charge < -0.3 is 0 Å². The summed E-state index contributed by atoms with van der Waals surface area (Å²) in [6.45, 7) is 0. The summed E-state index contributed by atoms with van der Waals surface area (Å²) in [7, 11) is 0. The van der Waals surface area contributed by atoms with Gasteiger partial charge in [-0.1, -0.05) is 30.3 Å². The van der Waals surface area contributed by atoms with Crippen LogP contribution in [0.5, 0.6) is 0 Å². The number of aryl methyl sites for hydroxylation is 1. The van der Waals surface area contributed by atoms with Gasteiger partial charge >= 0.3 is 6.18 Å². The second kappa shape index (κ2) is 3.15. The first-order chi connectivity index (χ1) is 6.59. The van der Waals surface area contributed by atoms with Crippen LogP contribution < -0.4 is 0 Å². The topological polar surface area (TPSA) is 0 Å². The van der Waals surface area contributed by atoms with E-state index in [0.717, 1.165) is 5.56 Å². The quantitative estimate of drug-likeness (QED) is 0.597. The number of halogens is 3. The van der Waals surface area contributed by atoms with Crippen molar-refractivity contribution >= 4 is 5.57 Å². The third-order valence-corrected chi connectivity index (χ3v) is 2.38. The lowest BCUT2D eigenvalue weighted by Gasteiger charge is -2.19. The normalized spacial score (nSPS) is 16.1. The van der Waals surface area contributed by atoms with Gasteiger partial charge in [-0.2, -0.15) is 13.2 Å². The Bertz CT molecular complexity index is 374. The number of alkyl halides is 3. The van der Waals surface area contributed by atoms with Gasteiger partial charge in [0.15, 0.2) is 0 Å². The molecule has 0 spiro atoms. The van der Waals surface area contributed by atoms with Gasteiger partial charge in [0, 0.05) is 0 Å². The fourth-order valence-corrected chi connectivity index (χ4v) is 1.75. The number of benzene rings is 1. The molecule has 0 N–H and O–H groups in total. The van der Waals surface area contributed by atoms with E-state index in [2.05, 4.69) is 0 Å². The summed E-state index contributed by atoms with van der Waals surface area (Å²) in [6, 6.07) is 6.71. The van der Waals surface area contributed by atoms with E-state index >= 15 is 0 Å². The maximum Gasteiger partial charge on any atom is 0.416 e. The van der Waals surface area contributed by atoms with E-state index in [1.165, 1.54) is 12.1 Å². The molecule has 0 unspecified atom stereocenters. The van der Waals surface area contributed by atoms with Crippen LogP contribution in [-0.2, 0) is 6.42 Å². The van der Waals surface area contributed by atoms with Crippen LogP contribution in [0.25, 0.3) is 5.57 Å². The van der Waals surface area contributed by atoms with E-state index in [1.807, 2.05) is 0 Å². The van der Waals surface area contributed by atoms with Crippen molar-refractivity contribution in [3.05, 3.63) is 41.5 Å². The van der Waals surface area contributed by atoms with Gasteiger partial charge in [-0.3, -0.25) is 0 Å². The van der Waals surface area contributed by atoms with Gasteiger partial charge in [0.05, 0.1) is 5.57 Å². The largest absolute Gasteiger partial charge is 0.416 e. The fourth-order valence-electron chi connectivity index (χ4n) is 1.75. The summed E-state index contributed by atoms with van der Waals surface area (Å²) in [4.78, 5) is 0. The van der Waals surface area contributed by atoms with Gasteiger partial charge in [0.25, 0.3) is 0 Å². The van der Waals surface area contributed by atoms with E-state index in [9.17, 15) is 13.2 Å². The average Bonchev–Trinajstić information content (AvgIpc) is 2.15. The maximum atomic E-state index is 12.6. The van der Waals surface area contributed by atoms with E-state index < -0.39 is 11.7 Å². The van der Waals surface area contributed by atoms with E-state index in [0.29, 0.717) is 18.4 Å². The number of fused-ring (bicyclic) bond motifs is 1. The summed E-state index contributed by atoms with van der Waals surface area (Å²) in [5.74, 6) is 0. The van der Waals surface area contributed by atoms with E-state index in [-0.39, 0.29) is 0 Å². The zero-order valence-electron chi connectivity index (χ0n) is 7.43. The van der Waals surface area contributed by atoms with Gasteiger partial charge in [-0.05, 0) is 24.0 Å². The highest BCUT2D eigenvalue weighted by Crippen LogP contribution is 2.38. The second-order valence-corrected chi connectivity index (χ2v) is 3.31. The first kappa shape index (κ1) is 9.31. The summed E-state index contributed by atoms with van der Waals surface area (Å²) in [6.07, 6.45) is -1.76. The Hall–Kier alpha value is -1.25. The molecule has 2 rings (SSSR count). The standard InChI is InChI=1S/C11H9F3/c12-11(13,14)10-7-3-5-8-4-1-2-6-9(8)10/h1-2,4,6-7H,3,5H2. The minimum atomic E-state index is -4.23. The zero-order valence-corrected chi connectivity index (χ0v) is 7.43. The molecular weight excluding hydrogens is 189 g/mol. The lowest BCUT2D eigenvalue weighted by molar-refractivity contribution is -0.0692. The minimum absolute atomic E-state index is 0.339. The first-order valence-electron chi connectivity index (χ1n) is 4.44. The Balaban J connectivity index is 2.51. The predicted molar refractivity (Wildman–Crippen MR) is 48.8 cm³/mol. The predicted octanol–water partition coefficient (Wildman–Crippen LogP) is 3.58. The fraction of sp³-hybridized carbons (Fsp3) is 0.273. The Morgan fingerprint density at radius 2 is 1.79 bits per heavy atom. The van der Waals surface area contributed by atoms with Crippen LogP contribution in [0.15, 0.2) is 30.3 Å². The van der Waals surface area contributed by atoms with Gasteiger partial charge in [-0.15, -0.1) is 0 Å². The molecule has 0 fully saturated rings. The van der Waals surface area contributed by atoms with E-state index in [1.54, 1.807) is 18.2 Å². The second-order valence-electron chi connectivity index (χ2n) is 3.31. The van der Waals surface area contributed by atoms with E-state index in [4.69, 9.17) is 0 Å². The van der Waals surface area contributed by atoms with Crippen molar-refractivity contribution in [1.29, 1.82) is 0 Å². The summed E-state index contributed by atoms with van der Waals surface area (Å²) in [5, 5.41) is 0. The molecule has 0 radical (unpaired) electrons. The van der Waals surface area contributed by atoms with Crippen molar-refractivity contribution in [3.8, 4) is 0 Å². The van der Waals surface area contributed by atoms with Crippen LogP contribution >= 0.6 is 0 Å². The molecule has 1 aromatic carbocycles. The molecule has 0 saturated carbocycles. The Labute approximate surface area is 80.1 Å². The van der Waals surface area contributed by atoms with Crippen molar-refractivity contribution in [2.24, 2.45) is 0 Å². The van der Waals surface area contributed by atoms with Crippen molar-refractivity contribution in [2.75, 3.05) is 0 Å². The van der Waals surface area contributed by atoms with Crippen molar-refractivity contribution < 1.29 is 13.2 Å². The van der Waals surface area contributed by atoms with Crippen LogP contribution in [0.1, 0.15) is 17.5 Å². The smallest absolute Gasteiger partial charge is 0.166 e. The lowest BCUT2D eigenvalue weighted by Crippen LogP contribution is -2.14. The average molecular weight is 198 g/mol. The molecule has 3 heteroatoms. The number of hydrogen-bond donors (Lipinski definition) is 0. The molecule has 0 atom stereocenters. The van der Waals surface area contributed by atoms with Crippen LogP contribution in [0.3, 0.4) is 0 Å². The highest BCUT2D eigenvalue weighted by molar-refractivity contribution is 5.73. The number of allylic oxidation sites excluding steroid dienone is 2. The summed E-state index contributed by atoms with van der Waals surface area (Å²) < 4.78 is 37.7. The van der Waals surface area contributed by atoms with Crippen LogP contribution in [0.2, 0.25) is 0 Å². The van der Waals surface area contributed by atoms with Crippen LogP contribution in [-0.4, -0.2) is 6.18 Å². The van der Waals surface area contributed by atoms with Crippen molar-refractivity contribution in [3.63, 3.8) is 0 Å². The molecule has 0 heterocycles. The highest BCUT2D eigenvalue weighted by atomic mass is 19.4. The molecule has 14 heavy (non-hydrogen) atoms. The molecule has 0 amide bonds. The van der Waals surface area contributed by atoms with Gasteiger partial charge in [0.1, 0.15) is 0 Å².